The van der Waals surface area contributed by atoms with Crippen LogP contribution >= 0.6 is 11.5 Å². The summed E-state index contributed by atoms with van der Waals surface area (Å²) in [5.74, 6) is 0. The molecule has 1 rings (SSSR count). The van der Waals surface area contributed by atoms with Gasteiger partial charge in [-0.05, 0) is 36.3 Å². The molecule has 1 N–H and O–H groups in total. The zero-order valence-electron chi connectivity index (χ0n) is 9.92. The van der Waals surface area contributed by atoms with Crippen LogP contribution in [0, 0.1) is 5.41 Å². The minimum absolute atomic E-state index is 0.471. The molecule has 1 aromatic rings. The van der Waals surface area contributed by atoms with Gasteiger partial charge in [0, 0.05) is 11.9 Å². The second kappa shape index (κ2) is 6.18. The van der Waals surface area contributed by atoms with E-state index in [0.717, 1.165) is 18.8 Å². The first-order valence-corrected chi connectivity index (χ1v) is 6.38. The van der Waals surface area contributed by atoms with Crippen molar-refractivity contribution in [3.63, 3.8) is 0 Å². The molecule has 0 bridgehead atoms. The Balaban J connectivity index is 1.94. The molecule has 0 saturated heterocycles. The van der Waals surface area contributed by atoms with Gasteiger partial charge < -0.3 is 5.32 Å². The van der Waals surface area contributed by atoms with E-state index in [2.05, 4.69) is 35.7 Å². The third-order valence-electron chi connectivity index (χ3n) is 2.24. The van der Waals surface area contributed by atoms with Crippen LogP contribution in [-0.2, 0) is 6.54 Å². The normalized spacial score (nSPS) is 11.9. The number of hydrogen-bond acceptors (Lipinski definition) is 4. The number of rotatable bonds is 6. The van der Waals surface area contributed by atoms with Crippen LogP contribution in [0.3, 0.4) is 0 Å². The van der Waals surface area contributed by atoms with Crippen LogP contribution in [0.4, 0.5) is 0 Å². The average molecular weight is 227 g/mol. The Hall–Kier alpha value is -0.480. The van der Waals surface area contributed by atoms with Gasteiger partial charge in [0.05, 0.1) is 5.69 Å². The number of hydrogen-bond donors (Lipinski definition) is 1. The fourth-order valence-electron chi connectivity index (χ4n) is 1.38. The molecule has 0 amide bonds. The van der Waals surface area contributed by atoms with E-state index in [4.69, 9.17) is 0 Å². The number of nitrogens with zero attached hydrogens (tertiary/aromatic N) is 2. The monoisotopic (exact) mass is 227 g/mol. The van der Waals surface area contributed by atoms with Gasteiger partial charge >= 0.3 is 0 Å². The van der Waals surface area contributed by atoms with E-state index < -0.39 is 0 Å². The van der Waals surface area contributed by atoms with Crippen LogP contribution in [-0.4, -0.2) is 16.1 Å². The first-order chi connectivity index (χ1) is 7.08. The Bertz CT molecular complexity index is 251. The predicted molar refractivity (Wildman–Crippen MR) is 64.9 cm³/mol. The Morgan fingerprint density at radius 2 is 2.13 bits per heavy atom. The van der Waals surface area contributed by atoms with Gasteiger partial charge in [-0.25, -0.2) is 0 Å². The van der Waals surface area contributed by atoms with Gasteiger partial charge in [0.25, 0.3) is 0 Å². The summed E-state index contributed by atoms with van der Waals surface area (Å²) in [6.07, 6.45) is 3.84. The molecule has 0 atom stereocenters. The zero-order valence-corrected chi connectivity index (χ0v) is 10.7. The molecule has 3 nitrogen and oxygen atoms in total. The highest BCUT2D eigenvalue weighted by atomic mass is 32.1. The number of unbranched alkanes of at least 4 members (excludes halogenated alkanes) is 1. The molecule has 0 spiro atoms. The van der Waals surface area contributed by atoms with E-state index in [-0.39, 0.29) is 0 Å². The van der Waals surface area contributed by atoms with Crippen molar-refractivity contribution in [1.29, 1.82) is 0 Å². The van der Waals surface area contributed by atoms with Crippen molar-refractivity contribution in [3.8, 4) is 0 Å². The molecular weight excluding hydrogens is 206 g/mol. The Morgan fingerprint density at radius 3 is 2.73 bits per heavy atom. The lowest BCUT2D eigenvalue weighted by Crippen LogP contribution is -2.15. The Kier molecular flexibility index (Phi) is 5.19. The van der Waals surface area contributed by atoms with Crippen LogP contribution in [0.25, 0.3) is 0 Å². The summed E-state index contributed by atoms with van der Waals surface area (Å²) >= 11 is 1.41. The van der Waals surface area contributed by atoms with E-state index in [1.165, 1.54) is 30.8 Å². The molecule has 0 aliphatic rings. The minimum Gasteiger partial charge on any atom is -0.311 e. The molecule has 1 heterocycles. The average Bonchev–Trinajstić information content (AvgIpc) is 2.61. The molecule has 0 unspecified atom stereocenters. The quantitative estimate of drug-likeness (QED) is 0.759. The maximum Gasteiger partial charge on any atom is 0.0893 e. The highest BCUT2D eigenvalue weighted by molar-refractivity contribution is 7.03. The highest BCUT2D eigenvalue weighted by Crippen LogP contribution is 2.21. The first kappa shape index (κ1) is 12.6. The number of nitrogens with one attached hydrogen (secondary N) is 1. The maximum atomic E-state index is 3.98. The summed E-state index contributed by atoms with van der Waals surface area (Å²) in [5.41, 5.74) is 1.52. The largest absolute Gasteiger partial charge is 0.311 e. The first-order valence-electron chi connectivity index (χ1n) is 5.54. The summed E-state index contributed by atoms with van der Waals surface area (Å²) in [6, 6.07) is 0. The molecule has 4 heteroatoms. The second-order valence-electron chi connectivity index (χ2n) is 5.09. The molecule has 86 valence electrons. The lowest BCUT2D eigenvalue weighted by molar-refractivity contribution is 0.358. The molecule has 0 radical (unpaired) electrons. The number of aromatic nitrogens is 2. The van der Waals surface area contributed by atoms with E-state index in [9.17, 15) is 0 Å². The molecule has 0 fully saturated rings. The van der Waals surface area contributed by atoms with E-state index in [1.807, 2.05) is 5.38 Å². The van der Waals surface area contributed by atoms with Gasteiger partial charge in [0.2, 0.25) is 0 Å². The van der Waals surface area contributed by atoms with Crippen molar-refractivity contribution in [2.24, 2.45) is 5.41 Å². The summed E-state index contributed by atoms with van der Waals surface area (Å²) < 4.78 is 3.82. The molecule has 0 aromatic carbocycles. The van der Waals surface area contributed by atoms with Crippen molar-refractivity contribution in [1.82, 2.24) is 14.9 Å². The lowest BCUT2D eigenvalue weighted by Gasteiger charge is -2.17. The van der Waals surface area contributed by atoms with E-state index in [1.54, 1.807) is 0 Å². The smallest absolute Gasteiger partial charge is 0.0893 e. The van der Waals surface area contributed by atoms with Crippen molar-refractivity contribution < 1.29 is 0 Å². The van der Waals surface area contributed by atoms with Gasteiger partial charge in [-0.2, -0.15) is 0 Å². The van der Waals surface area contributed by atoms with Crippen molar-refractivity contribution in [2.75, 3.05) is 6.54 Å². The second-order valence-corrected chi connectivity index (χ2v) is 5.70. The Morgan fingerprint density at radius 1 is 1.33 bits per heavy atom. The molecule has 15 heavy (non-hydrogen) atoms. The maximum absolute atomic E-state index is 3.98. The van der Waals surface area contributed by atoms with Gasteiger partial charge in [0.15, 0.2) is 0 Å². The highest BCUT2D eigenvalue weighted by Gasteiger charge is 2.08. The van der Waals surface area contributed by atoms with Crippen LogP contribution in [0.1, 0.15) is 45.7 Å². The lowest BCUT2D eigenvalue weighted by atomic mass is 9.90. The summed E-state index contributed by atoms with van der Waals surface area (Å²) in [5, 5.41) is 9.35. The van der Waals surface area contributed by atoms with E-state index >= 15 is 0 Å². The van der Waals surface area contributed by atoms with Gasteiger partial charge in [-0.1, -0.05) is 31.7 Å². The van der Waals surface area contributed by atoms with Gasteiger partial charge in [-0.3, -0.25) is 0 Å². The SMILES string of the molecule is CC(C)(C)CCCCNCc1csnn1. The van der Waals surface area contributed by atoms with Gasteiger partial charge in [-0.15, -0.1) is 5.10 Å². The van der Waals surface area contributed by atoms with E-state index in [0.29, 0.717) is 5.41 Å². The van der Waals surface area contributed by atoms with Crippen molar-refractivity contribution in [3.05, 3.63) is 11.1 Å². The molecule has 0 aliphatic heterocycles. The fraction of sp³-hybridized carbons (Fsp3) is 0.818. The third kappa shape index (κ3) is 6.57. The van der Waals surface area contributed by atoms with Crippen LogP contribution < -0.4 is 5.32 Å². The Labute approximate surface area is 96.5 Å². The zero-order chi connectivity index (χ0) is 11.1. The van der Waals surface area contributed by atoms with Crippen molar-refractivity contribution in [2.45, 2.75) is 46.6 Å². The third-order valence-corrected chi connectivity index (χ3v) is 2.80. The van der Waals surface area contributed by atoms with Crippen LogP contribution in [0.2, 0.25) is 0 Å². The summed E-state index contributed by atoms with van der Waals surface area (Å²) in [7, 11) is 0. The molecular formula is C11H21N3S. The minimum atomic E-state index is 0.471. The topological polar surface area (TPSA) is 37.8 Å². The fourth-order valence-corrected chi connectivity index (χ4v) is 1.83. The van der Waals surface area contributed by atoms with Crippen LogP contribution in [0.15, 0.2) is 5.38 Å². The summed E-state index contributed by atoms with van der Waals surface area (Å²) in [6.45, 7) is 8.81. The van der Waals surface area contributed by atoms with Gasteiger partial charge in [0.1, 0.15) is 0 Å². The predicted octanol–water partition coefficient (Wildman–Crippen LogP) is 2.84. The van der Waals surface area contributed by atoms with Crippen LogP contribution in [0.5, 0.6) is 0 Å². The van der Waals surface area contributed by atoms with Crippen molar-refractivity contribution >= 4 is 11.5 Å². The molecule has 0 aliphatic carbocycles. The molecule has 0 saturated carbocycles. The standard InChI is InChI=1S/C11H21N3S/c1-11(2,3)6-4-5-7-12-8-10-9-15-14-13-10/h9,12H,4-8H2,1-3H3. The summed E-state index contributed by atoms with van der Waals surface area (Å²) in [4.78, 5) is 0. The molecule has 1 aromatic heterocycles.